The first-order valence-electron chi connectivity index (χ1n) is 8.75. The normalized spacial score (nSPS) is 19.8. The van der Waals surface area contributed by atoms with Gasteiger partial charge in [0.15, 0.2) is 5.82 Å². The topological polar surface area (TPSA) is 80.1 Å². The van der Waals surface area contributed by atoms with E-state index in [1.54, 1.807) is 21.8 Å². The maximum Gasteiger partial charge on any atom is 0.248 e. The van der Waals surface area contributed by atoms with E-state index in [-0.39, 0.29) is 23.8 Å². The molecule has 3 heterocycles. The van der Waals surface area contributed by atoms with Crippen LogP contribution in [0.3, 0.4) is 0 Å². The number of rotatable bonds is 5. The molecule has 1 saturated heterocycles. The zero-order valence-corrected chi connectivity index (χ0v) is 14.0. The molecule has 7 nitrogen and oxygen atoms in total. The first-order chi connectivity index (χ1) is 12.2. The largest absolute Gasteiger partial charge is 0.330 e. The highest BCUT2D eigenvalue weighted by Gasteiger charge is 2.40. The summed E-state index contributed by atoms with van der Waals surface area (Å²) in [6, 6.07) is 7.13. The van der Waals surface area contributed by atoms with E-state index in [4.69, 9.17) is 0 Å². The van der Waals surface area contributed by atoms with Crippen molar-refractivity contribution in [2.24, 2.45) is 5.92 Å². The highest BCUT2D eigenvalue weighted by molar-refractivity contribution is 5.97. The number of carbonyl (C=O) groups excluding carboxylic acids is 2. The molecule has 4 rings (SSSR count). The molecule has 2 amide bonds. The lowest BCUT2D eigenvalue weighted by molar-refractivity contribution is -0.137. The molecule has 1 N–H and O–H groups in total. The Bertz CT molecular complexity index is 769. The molecule has 2 aromatic heterocycles. The predicted molar refractivity (Wildman–Crippen MR) is 91.7 cm³/mol. The minimum absolute atomic E-state index is 0.137. The number of nitrogens with one attached hydrogen (secondary N) is 1. The molecule has 130 valence electrons. The van der Waals surface area contributed by atoms with Crippen LogP contribution in [-0.4, -0.2) is 44.1 Å². The summed E-state index contributed by atoms with van der Waals surface area (Å²) in [7, 11) is 0. The van der Waals surface area contributed by atoms with E-state index >= 15 is 0 Å². The van der Waals surface area contributed by atoms with Crippen molar-refractivity contribution < 1.29 is 9.59 Å². The van der Waals surface area contributed by atoms with E-state index in [0.717, 1.165) is 31.4 Å². The Morgan fingerprint density at radius 1 is 1.20 bits per heavy atom. The Kier molecular flexibility index (Phi) is 4.21. The molecule has 1 saturated carbocycles. The first-order valence-corrected chi connectivity index (χ1v) is 8.75. The van der Waals surface area contributed by atoms with E-state index in [1.807, 2.05) is 24.4 Å². The number of carbonyl (C=O) groups is 2. The van der Waals surface area contributed by atoms with E-state index < -0.39 is 0 Å². The lowest BCUT2D eigenvalue weighted by Gasteiger charge is -2.23. The van der Waals surface area contributed by atoms with Crippen molar-refractivity contribution >= 4 is 17.6 Å². The van der Waals surface area contributed by atoms with E-state index in [0.29, 0.717) is 18.9 Å². The van der Waals surface area contributed by atoms with Gasteiger partial charge in [-0.3, -0.25) is 19.3 Å². The quantitative estimate of drug-likeness (QED) is 0.898. The average Bonchev–Trinajstić information content (AvgIpc) is 3.19. The second-order valence-corrected chi connectivity index (χ2v) is 6.67. The minimum atomic E-state index is -0.367. The Morgan fingerprint density at radius 2 is 2.08 bits per heavy atom. The molecule has 0 aromatic carbocycles. The zero-order chi connectivity index (χ0) is 17.2. The molecular formula is C18H21N5O2. The van der Waals surface area contributed by atoms with Crippen molar-refractivity contribution in [1.29, 1.82) is 0 Å². The molecule has 2 fully saturated rings. The maximum atomic E-state index is 12.6. The average molecular weight is 339 g/mol. The van der Waals surface area contributed by atoms with Gasteiger partial charge in [-0.25, -0.2) is 0 Å². The van der Waals surface area contributed by atoms with Gasteiger partial charge in [-0.05, 0) is 37.8 Å². The SMILES string of the molecule is O=C(Nc1ccn(Cc2ccccn2)n1)[C@H]1CCCN1C(=O)C1CC1. The van der Waals surface area contributed by atoms with E-state index in [9.17, 15) is 9.59 Å². The third-order valence-electron chi connectivity index (χ3n) is 4.71. The van der Waals surface area contributed by atoms with Crippen LogP contribution >= 0.6 is 0 Å². The van der Waals surface area contributed by atoms with Crippen molar-refractivity contribution in [3.63, 3.8) is 0 Å². The van der Waals surface area contributed by atoms with Crippen LogP contribution in [0.5, 0.6) is 0 Å². The number of aromatic nitrogens is 3. The predicted octanol–water partition coefficient (Wildman–Crippen LogP) is 1.67. The Balaban J connectivity index is 1.38. The van der Waals surface area contributed by atoms with Gasteiger partial charge in [0.05, 0.1) is 12.2 Å². The standard InChI is InChI=1S/C18H21N5O2/c24-17(15-5-3-10-23(15)18(25)13-6-7-13)20-16-8-11-22(21-16)12-14-4-1-2-9-19-14/h1-2,4,8-9,11,13,15H,3,5-7,10,12H2,(H,20,21,24)/t15-/m1/s1. The minimum Gasteiger partial charge on any atom is -0.330 e. The monoisotopic (exact) mass is 339 g/mol. The molecule has 2 aliphatic rings. The molecule has 0 spiro atoms. The van der Waals surface area contributed by atoms with Gasteiger partial charge < -0.3 is 10.2 Å². The molecular weight excluding hydrogens is 318 g/mol. The van der Waals surface area contributed by atoms with Gasteiger partial charge in [-0.15, -0.1) is 0 Å². The maximum absolute atomic E-state index is 12.6. The number of hydrogen-bond donors (Lipinski definition) is 1. The van der Waals surface area contributed by atoms with Crippen LogP contribution in [0.25, 0.3) is 0 Å². The van der Waals surface area contributed by atoms with Crippen LogP contribution in [0, 0.1) is 5.92 Å². The molecule has 1 aliphatic heterocycles. The fourth-order valence-corrected chi connectivity index (χ4v) is 3.25. The molecule has 1 atom stereocenters. The van der Waals surface area contributed by atoms with Gasteiger partial charge >= 0.3 is 0 Å². The summed E-state index contributed by atoms with van der Waals surface area (Å²) < 4.78 is 1.74. The number of likely N-dealkylation sites (tertiary alicyclic amines) is 1. The highest BCUT2D eigenvalue weighted by Crippen LogP contribution is 2.33. The fraction of sp³-hybridized carbons (Fsp3) is 0.444. The van der Waals surface area contributed by atoms with Crippen molar-refractivity contribution in [2.45, 2.75) is 38.3 Å². The van der Waals surface area contributed by atoms with Gasteiger partial charge in [0, 0.05) is 30.9 Å². The Hall–Kier alpha value is -2.70. The highest BCUT2D eigenvalue weighted by atomic mass is 16.2. The molecule has 2 aromatic rings. The Labute approximate surface area is 146 Å². The van der Waals surface area contributed by atoms with Gasteiger partial charge in [-0.2, -0.15) is 5.10 Å². The third-order valence-corrected chi connectivity index (χ3v) is 4.71. The molecule has 0 bridgehead atoms. The van der Waals surface area contributed by atoms with Gasteiger partial charge in [0.1, 0.15) is 6.04 Å². The van der Waals surface area contributed by atoms with Crippen LogP contribution in [0.2, 0.25) is 0 Å². The van der Waals surface area contributed by atoms with Crippen molar-refractivity contribution in [3.05, 3.63) is 42.4 Å². The summed E-state index contributed by atoms with van der Waals surface area (Å²) in [5, 5.41) is 7.22. The van der Waals surface area contributed by atoms with Crippen LogP contribution in [0.4, 0.5) is 5.82 Å². The van der Waals surface area contributed by atoms with Gasteiger partial charge in [-0.1, -0.05) is 6.07 Å². The summed E-state index contributed by atoms with van der Waals surface area (Å²) in [6.45, 7) is 1.23. The van der Waals surface area contributed by atoms with E-state index in [1.165, 1.54) is 0 Å². The Morgan fingerprint density at radius 3 is 2.84 bits per heavy atom. The number of hydrogen-bond acceptors (Lipinski definition) is 4. The van der Waals surface area contributed by atoms with Crippen molar-refractivity contribution in [1.82, 2.24) is 19.7 Å². The first kappa shape index (κ1) is 15.8. The summed E-state index contributed by atoms with van der Waals surface area (Å²) >= 11 is 0. The van der Waals surface area contributed by atoms with E-state index in [2.05, 4.69) is 15.4 Å². The second-order valence-electron chi connectivity index (χ2n) is 6.67. The number of anilines is 1. The second kappa shape index (κ2) is 6.66. The molecule has 0 unspecified atom stereocenters. The smallest absolute Gasteiger partial charge is 0.248 e. The lowest BCUT2D eigenvalue weighted by Crippen LogP contribution is -2.43. The third kappa shape index (κ3) is 3.55. The molecule has 0 radical (unpaired) electrons. The van der Waals surface area contributed by atoms with Crippen LogP contribution < -0.4 is 5.32 Å². The van der Waals surface area contributed by atoms with Crippen LogP contribution in [0.15, 0.2) is 36.7 Å². The summed E-state index contributed by atoms with van der Waals surface area (Å²) in [4.78, 5) is 30.9. The number of nitrogens with zero attached hydrogens (tertiary/aromatic N) is 4. The van der Waals surface area contributed by atoms with Crippen LogP contribution in [0.1, 0.15) is 31.4 Å². The van der Waals surface area contributed by atoms with Crippen LogP contribution in [-0.2, 0) is 16.1 Å². The molecule has 1 aliphatic carbocycles. The zero-order valence-electron chi connectivity index (χ0n) is 14.0. The summed E-state index contributed by atoms with van der Waals surface area (Å²) in [5.41, 5.74) is 0.903. The van der Waals surface area contributed by atoms with Crippen molar-refractivity contribution in [2.75, 3.05) is 11.9 Å². The number of pyridine rings is 1. The summed E-state index contributed by atoms with van der Waals surface area (Å²) in [5.74, 6) is 0.644. The molecule has 25 heavy (non-hydrogen) atoms. The fourth-order valence-electron chi connectivity index (χ4n) is 3.25. The summed E-state index contributed by atoms with van der Waals surface area (Å²) in [6.07, 6.45) is 7.08. The number of amides is 2. The van der Waals surface area contributed by atoms with Crippen molar-refractivity contribution in [3.8, 4) is 0 Å². The van der Waals surface area contributed by atoms with Gasteiger partial charge in [0.2, 0.25) is 11.8 Å². The van der Waals surface area contributed by atoms with Gasteiger partial charge in [0.25, 0.3) is 0 Å². The lowest BCUT2D eigenvalue weighted by atomic mass is 10.2. The molecule has 7 heteroatoms.